The average molecular weight is 785 g/mol. The molecule has 4 fully saturated rings. The summed E-state index contributed by atoms with van der Waals surface area (Å²) >= 11 is 0. The van der Waals surface area contributed by atoms with E-state index >= 15 is 8.90 Å². The Morgan fingerprint density at radius 3 is 2.46 bits per heavy atom. The molecule has 0 aliphatic carbocycles. The lowest BCUT2D eigenvalue weighted by Gasteiger charge is -2.39. The molecule has 5 aliphatic heterocycles. The molecule has 5 atom stereocenters. The van der Waals surface area contributed by atoms with Crippen molar-refractivity contribution in [3.63, 3.8) is 0 Å². The van der Waals surface area contributed by atoms with E-state index in [0.717, 1.165) is 30.8 Å². The second kappa shape index (κ2) is 14.3. The van der Waals surface area contributed by atoms with E-state index in [1.807, 2.05) is 54.6 Å². The minimum absolute atomic E-state index is 0.0194. The highest BCUT2D eigenvalue weighted by Gasteiger charge is 2.67. The predicted molar refractivity (Wildman–Crippen MR) is 211 cm³/mol. The number of anilines is 3. The number of amides is 3. The number of carbonyl (C=O) groups is 3. The Morgan fingerprint density at radius 2 is 1.77 bits per heavy atom. The van der Waals surface area contributed by atoms with Gasteiger partial charge in [-0.15, -0.1) is 0 Å². The maximum Gasteiger partial charge on any atom is 0.269 e. The molecule has 13 nitrogen and oxygen atoms in total. The van der Waals surface area contributed by atoms with Crippen LogP contribution in [0.15, 0.2) is 72.8 Å². The molecule has 0 radical (unpaired) electrons. The summed E-state index contributed by atoms with van der Waals surface area (Å²) in [4.78, 5) is 61.9. The number of nitrogens with one attached hydrogen (secondary N) is 1. The summed E-state index contributed by atoms with van der Waals surface area (Å²) < 4.78 is 23.2. The zero-order valence-corrected chi connectivity index (χ0v) is 33.0. The maximum absolute atomic E-state index is 16.5. The van der Waals surface area contributed by atoms with E-state index in [0.29, 0.717) is 43.9 Å². The van der Waals surface area contributed by atoms with E-state index < -0.39 is 47.9 Å². The number of nitrogens with zero attached hydrogens (tertiary/aromatic N) is 5. The van der Waals surface area contributed by atoms with E-state index in [1.54, 1.807) is 40.8 Å². The van der Waals surface area contributed by atoms with E-state index in [-0.39, 0.29) is 48.7 Å². The quantitative estimate of drug-likeness (QED) is 0.129. The summed E-state index contributed by atoms with van der Waals surface area (Å²) in [5.41, 5.74) is -0.388. The predicted octanol–water partition coefficient (Wildman–Crippen LogP) is 5.22. The summed E-state index contributed by atoms with van der Waals surface area (Å²) in [6.07, 6.45) is 1.61. The number of ether oxygens (including phenoxy) is 1. The summed E-state index contributed by atoms with van der Waals surface area (Å²) in [7, 11) is -3.63. The van der Waals surface area contributed by atoms with Crippen LogP contribution in [-0.2, 0) is 31.3 Å². The van der Waals surface area contributed by atoms with Crippen molar-refractivity contribution in [1.82, 2.24) is 10.2 Å². The lowest BCUT2D eigenvalue weighted by molar-refractivity contribution is -0.385. The van der Waals surface area contributed by atoms with Gasteiger partial charge in [0.1, 0.15) is 5.54 Å². The van der Waals surface area contributed by atoms with E-state index in [9.17, 15) is 24.8 Å². The fourth-order valence-electron chi connectivity index (χ4n) is 10.3. The van der Waals surface area contributed by atoms with Crippen LogP contribution in [0.2, 0.25) is 18.6 Å². The third-order valence-corrected chi connectivity index (χ3v) is 15.4. The standard InChI is InChI=1S/C41H49FN6O7Si/c1-27-37(56(2,3)42)35(23-36(50)44-20-8-13-32(44)25-49)55-41(27)33-22-31(48(53)54)14-15-34(33)45(39(41)52)24-28-9-7-12-30(21-28)46-26-47(29-10-5-4-6-11-29)40(38(46)51)16-18-43-19-17-40/h4-7,9-12,14-15,21-22,27,32,35,37,43,49H,8,13,16-20,23-26H2,1-3H3/t27-,32+,35+,37-,41+/m1/s1. The number of benzene rings is 3. The fourth-order valence-corrected chi connectivity index (χ4v) is 12.8. The fraction of sp³-hybridized carbons (Fsp3) is 0.488. The number of halogens is 1. The number of piperidine rings is 1. The molecule has 15 heteroatoms. The second-order valence-electron chi connectivity index (χ2n) is 16.5. The molecule has 0 saturated carbocycles. The number of hydrogen-bond donors (Lipinski definition) is 2. The molecule has 2 spiro atoms. The summed E-state index contributed by atoms with van der Waals surface area (Å²) in [5, 5.41) is 25.4. The van der Waals surface area contributed by atoms with Gasteiger partial charge in [-0.25, -0.2) is 0 Å². The normalized spacial score (nSPS) is 27.2. The SMILES string of the molecule is C[C@@H]1[C@@H]([Si](C)(C)F)[C@H](CC(=O)N2CCC[C@H]2CO)O[C@@]12C(=O)N(Cc1cccc(N3CN(c4ccccc4)C4(CCNCC4)C3=O)c1)c1ccc([N+](=O)[O-])cc12. The van der Waals surface area contributed by atoms with Crippen LogP contribution in [0.3, 0.4) is 0 Å². The van der Waals surface area contributed by atoms with Crippen LogP contribution in [0, 0.1) is 16.0 Å². The number of nitro benzene ring substituents is 1. The Bertz CT molecular complexity index is 2040. The van der Waals surface area contributed by atoms with Gasteiger partial charge in [0.15, 0.2) is 5.60 Å². The molecule has 3 aromatic rings. The molecule has 0 unspecified atom stereocenters. The number of likely N-dealkylation sites (tertiary alicyclic amines) is 1. The Morgan fingerprint density at radius 1 is 1.04 bits per heavy atom. The third kappa shape index (κ3) is 6.10. The highest BCUT2D eigenvalue weighted by atomic mass is 28.4. The topological polar surface area (TPSA) is 149 Å². The number of rotatable bonds is 9. The second-order valence-corrected chi connectivity index (χ2v) is 20.3. The summed E-state index contributed by atoms with van der Waals surface area (Å²) in [6.45, 7) is 7.01. The Labute approximate surface area is 326 Å². The number of carbonyl (C=O) groups excluding carboxylic acids is 3. The zero-order valence-electron chi connectivity index (χ0n) is 32.0. The Balaban J connectivity index is 1.13. The van der Waals surface area contributed by atoms with Crippen LogP contribution in [0.1, 0.15) is 50.2 Å². The van der Waals surface area contributed by atoms with Crippen molar-refractivity contribution < 1.29 is 33.3 Å². The minimum atomic E-state index is -3.63. The van der Waals surface area contributed by atoms with E-state index in [4.69, 9.17) is 4.74 Å². The van der Waals surface area contributed by atoms with Crippen LogP contribution in [-0.4, -0.2) is 91.7 Å². The molecule has 296 valence electrons. The molecule has 4 saturated heterocycles. The number of para-hydroxylation sites is 1. The molecular formula is C41H49FN6O7Si. The van der Waals surface area contributed by atoms with Crippen molar-refractivity contribution in [2.45, 2.75) is 87.5 Å². The van der Waals surface area contributed by atoms with Crippen molar-refractivity contribution in [1.29, 1.82) is 0 Å². The van der Waals surface area contributed by atoms with Crippen LogP contribution in [0.5, 0.6) is 0 Å². The maximum atomic E-state index is 16.5. The van der Waals surface area contributed by atoms with Crippen molar-refractivity contribution in [3.05, 3.63) is 94.0 Å². The zero-order chi connectivity index (χ0) is 39.6. The van der Waals surface area contributed by atoms with Crippen LogP contribution in [0.25, 0.3) is 0 Å². The molecule has 0 aromatic heterocycles. The van der Waals surface area contributed by atoms with Gasteiger partial charge in [0.25, 0.3) is 17.5 Å². The van der Waals surface area contributed by atoms with Crippen molar-refractivity contribution >= 4 is 48.9 Å². The van der Waals surface area contributed by atoms with E-state index in [1.165, 1.54) is 12.1 Å². The van der Waals surface area contributed by atoms with Gasteiger partial charge in [-0.1, -0.05) is 37.3 Å². The molecule has 2 N–H and O–H groups in total. The van der Waals surface area contributed by atoms with Gasteiger partial charge in [0, 0.05) is 47.1 Å². The van der Waals surface area contributed by atoms with Gasteiger partial charge in [-0.05, 0) is 87.8 Å². The monoisotopic (exact) mass is 784 g/mol. The van der Waals surface area contributed by atoms with Gasteiger partial charge in [-0.3, -0.25) is 29.4 Å². The molecule has 8 rings (SSSR count). The first-order chi connectivity index (χ1) is 26.8. The number of aliphatic hydroxyl groups is 1. The lowest BCUT2D eigenvalue weighted by Crippen LogP contribution is -2.55. The van der Waals surface area contributed by atoms with Gasteiger partial charge in [0.05, 0.1) is 49.0 Å². The van der Waals surface area contributed by atoms with Crippen molar-refractivity contribution in [3.8, 4) is 0 Å². The van der Waals surface area contributed by atoms with Crippen LogP contribution >= 0.6 is 0 Å². The van der Waals surface area contributed by atoms with Gasteiger partial charge in [-0.2, -0.15) is 0 Å². The first-order valence-corrected chi connectivity index (χ1v) is 22.6. The average Bonchev–Trinajstić information content (AvgIpc) is 3.91. The summed E-state index contributed by atoms with van der Waals surface area (Å²) in [5.74, 6) is -1.48. The molecule has 5 aliphatic rings. The van der Waals surface area contributed by atoms with Gasteiger partial charge in [0.2, 0.25) is 14.3 Å². The van der Waals surface area contributed by atoms with E-state index in [2.05, 4.69) is 10.2 Å². The number of hydrogen-bond acceptors (Lipinski definition) is 9. The van der Waals surface area contributed by atoms with Gasteiger partial charge < -0.3 is 34.0 Å². The van der Waals surface area contributed by atoms with Crippen molar-refractivity contribution in [2.75, 3.05) is 47.6 Å². The molecule has 3 amide bonds. The number of nitro groups is 1. The number of aliphatic hydroxyl groups excluding tert-OH is 1. The Hall–Kier alpha value is -4.70. The lowest BCUT2D eigenvalue weighted by atomic mass is 9.82. The molecule has 3 aromatic carbocycles. The minimum Gasteiger partial charge on any atom is -0.394 e. The summed E-state index contributed by atoms with van der Waals surface area (Å²) in [6, 6.07) is 21.4. The molecule has 56 heavy (non-hydrogen) atoms. The molecular weight excluding hydrogens is 736 g/mol. The Kier molecular flexibility index (Phi) is 9.78. The molecule has 0 bridgehead atoms. The largest absolute Gasteiger partial charge is 0.394 e. The van der Waals surface area contributed by atoms with Crippen LogP contribution < -0.4 is 20.0 Å². The first-order valence-electron chi connectivity index (χ1n) is 19.6. The highest BCUT2D eigenvalue weighted by molar-refractivity contribution is 6.72. The number of non-ortho nitro benzene ring substituents is 1. The third-order valence-electron chi connectivity index (χ3n) is 12.9. The van der Waals surface area contributed by atoms with Crippen molar-refractivity contribution in [2.24, 2.45) is 5.92 Å². The van der Waals surface area contributed by atoms with Gasteiger partial charge >= 0.3 is 0 Å². The van der Waals surface area contributed by atoms with Crippen LogP contribution in [0.4, 0.5) is 26.9 Å². The first kappa shape index (κ1) is 38.2. The smallest absolute Gasteiger partial charge is 0.269 e. The number of fused-ring (bicyclic) bond motifs is 2. The highest BCUT2D eigenvalue weighted by Crippen LogP contribution is 2.61. The molecule has 5 heterocycles.